The molecule has 1 aliphatic heterocycles. The van der Waals surface area contributed by atoms with Gasteiger partial charge < -0.3 is 0 Å². The molecule has 5 heteroatoms. The third kappa shape index (κ3) is 3.14. The summed E-state index contributed by atoms with van der Waals surface area (Å²) in [6, 6.07) is 7.31. The predicted molar refractivity (Wildman–Crippen MR) is 82.8 cm³/mol. The standard InChI is InChI=1S/C16H20FN3S/c1-11(2)16-15(21-19-18-16)10-20-9-3-4-14(20)12-5-7-13(17)8-6-12/h5-8,11,14H,3-4,9-10H2,1-2H3. The molecule has 3 nitrogen and oxygen atoms in total. The van der Waals surface area contributed by atoms with Gasteiger partial charge in [0, 0.05) is 12.6 Å². The molecule has 1 unspecified atom stereocenters. The number of benzene rings is 1. The van der Waals surface area contributed by atoms with Crippen LogP contribution in [0.3, 0.4) is 0 Å². The zero-order valence-corrected chi connectivity index (χ0v) is 13.2. The minimum absolute atomic E-state index is 0.169. The summed E-state index contributed by atoms with van der Waals surface area (Å²) in [6.07, 6.45) is 2.32. The highest BCUT2D eigenvalue weighted by Crippen LogP contribution is 2.34. The number of halogens is 1. The number of nitrogens with zero attached hydrogens (tertiary/aromatic N) is 3. The fourth-order valence-corrected chi connectivity index (χ4v) is 3.85. The van der Waals surface area contributed by atoms with Crippen LogP contribution in [0.5, 0.6) is 0 Å². The van der Waals surface area contributed by atoms with Gasteiger partial charge in [-0.15, -0.1) is 5.10 Å². The Morgan fingerprint density at radius 2 is 2.10 bits per heavy atom. The van der Waals surface area contributed by atoms with Crippen molar-refractivity contribution in [3.8, 4) is 0 Å². The van der Waals surface area contributed by atoms with E-state index in [0.717, 1.165) is 25.2 Å². The Morgan fingerprint density at radius 3 is 2.81 bits per heavy atom. The number of likely N-dealkylation sites (tertiary alicyclic amines) is 1. The van der Waals surface area contributed by atoms with Gasteiger partial charge in [-0.3, -0.25) is 4.90 Å². The molecule has 1 atom stereocenters. The number of hydrogen-bond acceptors (Lipinski definition) is 4. The average Bonchev–Trinajstić information content (AvgIpc) is 3.09. The van der Waals surface area contributed by atoms with Crippen molar-refractivity contribution in [3.05, 3.63) is 46.2 Å². The van der Waals surface area contributed by atoms with E-state index >= 15 is 0 Å². The second kappa shape index (κ2) is 6.20. The van der Waals surface area contributed by atoms with Crippen LogP contribution in [0.15, 0.2) is 24.3 Å². The maximum atomic E-state index is 13.1. The highest BCUT2D eigenvalue weighted by molar-refractivity contribution is 7.05. The maximum Gasteiger partial charge on any atom is 0.123 e. The average molecular weight is 305 g/mol. The molecule has 0 N–H and O–H groups in total. The zero-order valence-electron chi connectivity index (χ0n) is 12.4. The summed E-state index contributed by atoms with van der Waals surface area (Å²) in [6.45, 7) is 6.29. The lowest BCUT2D eigenvalue weighted by atomic mass is 10.0. The second-order valence-electron chi connectivity index (χ2n) is 5.92. The molecule has 2 aromatic rings. The summed E-state index contributed by atoms with van der Waals surface area (Å²) >= 11 is 1.50. The highest BCUT2D eigenvalue weighted by Gasteiger charge is 2.27. The lowest BCUT2D eigenvalue weighted by Gasteiger charge is -2.24. The van der Waals surface area contributed by atoms with Gasteiger partial charge in [-0.05, 0) is 54.5 Å². The zero-order chi connectivity index (χ0) is 14.8. The van der Waals surface area contributed by atoms with Crippen molar-refractivity contribution in [3.63, 3.8) is 0 Å². The van der Waals surface area contributed by atoms with Crippen LogP contribution in [-0.4, -0.2) is 21.0 Å². The van der Waals surface area contributed by atoms with Crippen molar-refractivity contribution >= 4 is 11.5 Å². The van der Waals surface area contributed by atoms with E-state index < -0.39 is 0 Å². The van der Waals surface area contributed by atoms with Gasteiger partial charge in [0.2, 0.25) is 0 Å². The maximum absolute atomic E-state index is 13.1. The van der Waals surface area contributed by atoms with Gasteiger partial charge in [0.25, 0.3) is 0 Å². The molecule has 0 amide bonds. The van der Waals surface area contributed by atoms with Crippen molar-refractivity contribution in [1.29, 1.82) is 0 Å². The summed E-state index contributed by atoms with van der Waals surface area (Å²) < 4.78 is 17.2. The molecule has 0 saturated carbocycles. The van der Waals surface area contributed by atoms with Crippen LogP contribution in [0.2, 0.25) is 0 Å². The number of hydrogen-bond donors (Lipinski definition) is 0. The van der Waals surface area contributed by atoms with Gasteiger partial charge >= 0.3 is 0 Å². The molecule has 0 radical (unpaired) electrons. The molecule has 3 rings (SSSR count). The van der Waals surface area contributed by atoms with Crippen LogP contribution in [0.1, 0.15) is 54.8 Å². The first-order valence-electron chi connectivity index (χ1n) is 7.46. The minimum Gasteiger partial charge on any atom is -0.291 e. The van der Waals surface area contributed by atoms with Crippen LogP contribution >= 0.6 is 11.5 Å². The summed E-state index contributed by atoms with van der Waals surface area (Å²) in [7, 11) is 0. The van der Waals surface area contributed by atoms with E-state index in [0.29, 0.717) is 12.0 Å². The molecule has 2 heterocycles. The third-order valence-electron chi connectivity index (χ3n) is 4.10. The summed E-state index contributed by atoms with van der Waals surface area (Å²) in [5, 5.41) is 4.26. The molecule has 112 valence electrons. The molecular weight excluding hydrogens is 285 g/mol. The molecule has 0 bridgehead atoms. The van der Waals surface area contributed by atoms with E-state index in [2.05, 4.69) is 28.3 Å². The Labute approximate surface area is 129 Å². The van der Waals surface area contributed by atoms with Gasteiger partial charge in [0.1, 0.15) is 5.82 Å². The van der Waals surface area contributed by atoms with Crippen LogP contribution < -0.4 is 0 Å². The smallest absolute Gasteiger partial charge is 0.123 e. The highest BCUT2D eigenvalue weighted by atomic mass is 32.1. The van der Waals surface area contributed by atoms with E-state index in [9.17, 15) is 4.39 Å². The van der Waals surface area contributed by atoms with Crippen LogP contribution in [0, 0.1) is 5.82 Å². The number of rotatable bonds is 4. The molecule has 0 aliphatic carbocycles. The van der Waals surface area contributed by atoms with Crippen molar-refractivity contribution in [2.45, 2.75) is 45.2 Å². The molecule has 1 aromatic carbocycles. The first-order valence-corrected chi connectivity index (χ1v) is 8.23. The van der Waals surface area contributed by atoms with E-state index in [1.165, 1.54) is 28.4 Å². The second-order valence-corrected chi connectivity index (χ2v) is 6.75. The molecular formula is C16H20FN3S. The summed E-state index contributed by atoms with van der Waals surface area (Å²) in [4.78, 5) is 3.73. The fourth-order valence-electron chi connectivity index (χ4n) is 3.03. The van der Waals surface area contributed by atoms with Gasteiger partial charge in [-0.25, -0.2) is 4.39 Å². The lowest BCUT2D eigenvalue weighted by molar-refractivity contribution is 0.249. The Hall–Kier alpha value is -1.33. The molecule has 21 heavy (non-hydrogen) atoms. The normalized spacial score (nSPS) is 19.5. The van der Waals surface area contributed by atoms with Crippen molar-refractivity contribution < 1.29 is 4.39 Å². The first-order chi connectivity index (χ1) is 10.1. The quantitative estimate of drug-likeness (QED) is 0.850. The van der Waals surface area contributed by atoms with Gasteiger partial charge in [0.15, 0.2) is 0 Å². The minimum atomic E-state index is -0.169. The Morgan fingerprint density at radius 1 is 1.33 bits per heavy atom. The Bertz CT molecular complexity index is 594. The number of aromatic nitrogens is 2. The molecule has 1 fully saturated rings. The Balaban J connectivity index is 1.78. The van der Waals surface area contributed by atoms with E-state index in [-0.39, 0.29) is 5.82 Å². The largest absolute Gasteiger partial charge is 0.291 e. The first kappa shape index (κ1) is 14.6. The van der Waals surface area contributed by atoms with Crippen LogP contribution in [0.4, 0.5) is 4.39 Å². The topological polar surface area (TPSA) is 29.0 Å². The summed E-state index contributed by atoms with van der Waals surface area (Å²) in [5.74, 6) is 0.239. The van der Waals surface area contributed by atoms with E-state index in [1.807, 2.05) is 12.1 Å². The van der Waals surface area contributed by atoms with E-state index in [1.54, 1.807) is 12.1 Å². The third-order valence-corrected chi connectivity index (χ3v) is 4.82. The van der Waals surface area contributed by atoms with Crippen molar-refractivity contribution in [2.75, 3.05) is 6.54 Å². The van der Waals surface area contributed by atoms with Gasteiger partial charge in [0.05, 0.1) is 10.6 Å². The van der Waals surface area contributed by atoms with Crippen LogP contribution in [-0.2, 0) is 6.54 Å². The van der Waals surface area contributed by atoms with Crippen LogP contribution in [0.25, 0.3) is 0 Å². The van der Waals surface area contributed by atoms with Gasteiger partial charge in [-0.1, -0.05) is 30.5 Å². The van der Waals surface area contributed by atoms with Crippen molar-refractivity contribution in [1.82, 2.24) is 14.5 Å². The fraction of sp³-hybridized carbons (Fsp3) is 0.500. The monoisotopic (exact) mass is 305 g/mol. The molecule has 1 aliphatic rings. The van der Waals surface area contributed by atoms with Crippen molar-refractivity contribution in [2.24, 2.45) is 0 Å². The SMILES string of the molecule is CC(C)c1nnsc1CN1CCCC1c1ccc(F)cc1. The molecule has 1 aromatic heterocycles. The summed E-state index contributed by atoms with van der Waals surface area (Å²) in [5.41, 5.74) is 2.32. The molecule has 0 spiro atoms. The van der Waals surface area contributed by atoms with Gasteiger partial charge in [-0.2, -0.15) is 0 Å². The molecule has 1 saturated heterocycles. The predicted octanol–water partition coefficient (Wildman–Crippen LogP) is 4.14. The van der Waals surface area contributed by atoms with E-state index in [4.69, 9.17) is 0 Å². The Kier molecular flexibility index (Phi) is 4.31. The lowest BCUT2D eigenvalue weighted by Crippen LogP contribution is -2.23.